The molecule has 2 aromatic rings. The van der Waals surface area contributed by atoms with Crippen molar-refractivity contribution < 1.29 is 4.79 Å². The summed E-state index contributed by atoms with van der Waals surface area (Å²) in [6.07, 6.45) is 10.8. The lowest BCUT2D eigenvalue weighted by molar-refractivity contribution is 0.235. The molecule has 0 aromatic carbocycles. The van der Waals surface area contributed by atoms with Crippen LogP contribution in [0.1, 0.15) is 24.8 Å². The Balaban J connectivity index is 1.24. The number of pyridine rings is 1. The van der Waals surface area contributed by atoms with Gasteiger partial charge in [0.25, 0.3) is 0 Å². The molecule has 2 amide bonds. The molecule has 7 nitrogen and oxygen atoms in total. The third kappa shape index (κ3) is 4.36. The second-order valence-electron chi connectivity index (χ2n) is 7.01. The number of nitrogens with one attached hydrogen (secondary N) is 2. The highest BCUT2D eigenvalue weighted by molar-refractivity contribution is 5.74. The van der Waals surface area contributed by atoms with Gasteiger partial charge in [-0.05, 0) is 42.9 Å². The predicted octanol–water partition coefficient (Wildman–Crippen LogP) is 1.55. The Hall–Kier alpha value is -2.41. The summed E-state index contributed by atoms with van der Waals surface area (Å²) in [5.41, 5.74) is 1.01. The molecule has 1 aliphatic carbocycles. The van der Waals surface area contributed by atoms with Crippen molar-refractivity contribution in [2.75, 3.05) is 19.6 Å². The van der Waals surface area contributed by atoms with Crippen molar-refractivity contribution in [1.29, 1.82) is 0 Å². The largest absolute Gasteiger partial charge is 0.334 e. The monoisotopic (exact) mass is 340 g/mol. The van der Waals surface area contributed by atoms with Gasteiger partial charge in [-0.25, -0.2) is 14.8 Å². The third-order valence-corrected chi connectivity index (χ3v) is 4.85. The molecule has 1 saturated carbocycles. The maximum Gasteiger partial charge on any atom is 0.315 e. The van der Waals surface area contributed by atoms with Crippen LogP contribution < -0.4 is 10.6 Å². The van der Waals surface area contributed by atoms with Gasteiger partial charge in [-0.2, -0.15) is 0 Å². The summed E-state index contributed by atoms with van der Waals surface area (Å²) in [5.74, 6) is 1.70. The Bertz CT molecular complexity index is 712. The zero-order valence-electron chi connectivity index (χ0n) is 14.3. The minimum absolute atomic E-state index is 0.0979. The Morgan fingerprint density at radius 1 is 1.28 bits per heavy atom. The molecule has 4 rings (SSSR count). The van der Waals surface area contributed by atoms with Crippen molar-refractivity contribution in [3.05, 3.63) is 42.6 Å². The highest BCUT2D eigenvalue weighted by Crippen LogP contribution is 2.30. The summed E-state index contributed by atoms with van der Waals surface area (Å²) >= 11 is 0. The molecule has 7 heteroatoms. The zero-order chi connectivity index (χ0) is 17.1. The number of aromatic nitrogens is 3. The van der Waals surface area contributed by atoms with Crippen LogP contribution >= 0.6 is 0 Å². The van der Waals surface area contributed by atoms with Crippen LogP contribution in [0.3, 0.4) is 0 Å². The van der Waals surface area contributed by atoms with Crippen molar-refractivity contribution >= 4 is 6.03 Å². The predicted molar refractivity (Wildman–Crippen MR) is 94.3 cm³/mol. The molecule has 1 unspecified atom stereocenters. The molecule has 3 heterocycles. The van der Waals surface area contributed by atoms with E-state index in [0.29, 0.717) is 6.54 Å². The number of carbonyl (C=O) groups is 1. The molecular formula is C18H24N6O. The SMILES string of the molecule is O=C(NCc1ccnc(-n2ccnc2)c1)NC1CCN(CC2CC2)C1. The summed E-state index contributed by atoms with van der Waals surface area (Å²) in [6, 6.07) is 4.03. The van der Waals surface area contributed by atoms with E-state index in [1.807, 2.05) is 22.9 Å². The number of likely N-dealkylation sites (tertiary alicyclic amines) is 1. The quantitative estimate of drug-likeness (QED) is 0.837. The third-order valence-electron chi connectivity index (χ3n) is 4.85. The number of rotatable bonds is 6. The Labute approximate surface area is 147 Å². The van der Waals surface area contributed by atoms with E-state index >= 15 is 0 Å². The molecule has 0 spiro atoms. The first-order chi connectivity index (χ1) is 12.3. The minimum Gasteiger partial charge on any atom is -0.334 e. The van der Waals surface area contributed by atoms with Gasteiger partial charge in [-0.1, -0.05) is 0 Å². The Morgan fingerprint density at radius 3 is 3.00 bits per heavy atom. The zero-order valence-corrected chi connectivity index (χ0v) is 14.3. The van der Waals surface area contributed by atoms with E-state index in [2.05, 4.69) is 25.5 Å². The van der Waals surface area contributed by atoms with Gasteiger partial charge >= 0.3 is 6.03 Å². The Morgan fingerprint density at radius 2 is 2.20 bits per heavy atom. The van der Waals surface area contributed by atoms with Gasteiger partial charge in [0.2, 0.25) is 0 Å². The van der Waals surface area contributed by atoms with Crippen LogP contribution in [0, 0.1) is 5.92 Å². The minimum atomic E-state index is -0.0979. The lowest BCUT2D eigenvalue weighted by atomic mass is 10.2. The highest BCUT2D eigenvalue weighted by Gasteiger charge is 2.29. The van der Waals surface area contributed by atoms with Crippen LogP contribution in [0.4, 0.5) is 4.79 Å². The van der Waals surface area contributed by atoms with E-state index in [1.54, 1.807) is 18.7 Å². The summed E-state index contributed by atoms with van der Waals surface area (Å²) < 4.78 is 1.84. The first-order valence-electron chi connectivity index (χ1n) is 8.96. The van der Waals surface area contributed by atoms with E-state index in [4.69, 9.17) is 0 Å². The Kier molecular flexibility index (Phi) is 4.65. The fraction of sp³-hybridized carbons (Fsp3) is 0.500. The maximum atomic E-state index is 12.2. The van der Waals surface area contributed by atoms with Crippen LogP contribution in [0.5, 0.6) is 0 Å². The first-order valence-corrected chi connectivity index (χ1v) is 8.96. The number of carbonyl (C=O) groups excluding carboxylic acids is 1. The van der Waals surface area contributed by atoms with Crippen LogP contribution in [-0.2, 0) is 6.54 Å². The van der Waals surface area contributed by atoms with Gasteiger partial charge in [0.15, 0.2) is 0 Å². The maximum absolute atomic E-state index is 12.2. The topological polar surface area (TPSA) is 75.1 Å². The van der Waals surface area contributed by atoms with Crippen molar-refractivity contribution in [1.82, 2.24) is 30.1 Å². The molecule has 132 valence electrons. The number of nitrogens with zero attached hydrogens (tertiary/aromatic N) is 4. The first kappa shape index (κ1) is 16.1. The van der Waals surface area contributed by atoms with Gasteiger partial charge in [-0.15, -0.1) is 0 Å². The fourth-order valence-electron chi connectivity index (χ4n) is 3.31. The summed E-state index contributed by atoms with van der Waals surface area (Å²) in [6.45, 7) is 3.76. The van der Waals surface area contributed by atoms with Gasteiger partial charge in [0, 0.05) is 50.8 Å². The normalized spacial score (nSPS) is 20.6. The molecule has 1 saturated heterocycles. The second kappa shape index (κ2) is 7.23. The van der Waals surface area contributed by atoms with Crippen molar-refractivity contribution in [2.45, 2.75) is 31.8 Å². The van der Waals surface area contributed by atoms with Gasteiger partial charge < -0.3 is 15.5 Å². The van der Waals surface area contributed by atoms with Crippen LogP contribution in [0.25, 0.3) is 5.82 Å². The van der Waals surface area contributed by atoms with E-state index in [9.17, 15) is 4.79 Å². The molecule has 2 aromatic heterocycles. The lowest BCUT2D eigenvalue weighted by Gasteiger charge is -2.16. The van der Waals surface area contributed by atoms with E-state index in [1.165, 1.54) is 19.4 Å². The molecule has 25 heavy (non-hydrogen) atoms. The van der Waals surface area contributed by atoms with Crippen LogP contribution in [-0.4, -0.2) is 51.1 Å². The summed E-state index contributed by atoms with van der Waals surface area (Å²) in [5, 5.41) is 6.04. The van der Waals surface area contributed by atoms with Crippen molar-refractivity contribution in [3.63, 3.8) is 0 Å². The van der Waals surface area contributed by atoms with Gasteiger partial charge in [0.1, 0.15) is 12.1 Å². The fourth-order valence-corrected chi connectivity index (χ4v) is 3.31. The molecule has 2 N–H and O–H groups in total. The van der Waals surface area contributed by atoms with Crippen LogP contribution in [0.2, 0.25) is 0 Å². The molecule has 2 fully saturated rings. The van der Waals surface area contributed by atoms with Gasteiger partial charge in [0.05, 0.1) is 0 Å². The average molecular weight is 340 g/mol. The molecule has 1 aliphatic heterocycles. The molecule has 0 bridgehead atoms. The second-order valence-corrected chi connectivity index (χ2v) is 7.01. The number of amides is 2. The van der Waals surface area contributed by atoms with Crippen molar-refractivity contribution in [3.8, 4) is 5.82 Å². The number of hydrogen-bond acceptors (Lipinski definition) is 4. The van der Waals surface area contributed by atoms with E-state index in [-0.39, 0.29) is 12.1 Å². The number of urea groups is 1. The number of imidazole rings is 1. The molecule has 2 aliphatic rings. The highest BCUT2D eigenvalue weighted by atomic mass is 16.2. The van der Waals surface area contributed by atoms with E-state index in [0.717, 1.165) is 36.8 Å². The molecule has 0 radical (unpaired) electrons. The van der Waals surface area contributed by atoms with E-state index < -0.39 is 0 Å². The van der Waals surface area contributed by atoms with Gasteiger partial charge in [-0.3, -0.25) is 4.57 Å². The lowest BCUT2D eigenvalue weighted by Crippen LogP contribution is -2.43. The smallest absolute Gasteiger partial charge is 0.315 e. The molecular weight excluding hydrogens is 316 g/mol. The summed E-state index contributed by atoms with van der Waals surface area (Å²) in [4.78, 5) is 23.0. The standard InChI is InChI=1S/C18H24N6O/c25-18(22-16-4-7-23(12-16)11-14-1-2-14)21-10-15-3-5-20-17(9-15)24-8-6-19-13-24/h3,5-6,8-9,13-14,16H,1-2,4,7,10-12H2,(H2,21,22,25). The van der Waals surface area contributed by atoms with Crippen molar-refractivity contribution in [2.24, 2.45) is 5.92 Å². The summed E-state index contributed by atoms with van der Waals surface area (Å²) in [7, 11) is 0. The number of hydrogen-bond donors (Lipinski definition) is 2. The average Bonchev–Trinajstić information content (AvgIpc) is 3.10. The molecule has 1 atom stereocenters. The van der Waals surface area contributed by atoms with Crippen LogP contribution in [0.15, 0.2) is 37.1 Å².